The first-order chi connectivity index (χ1) is 13.4. The molecule has 6 nitrogen and oxygen atoms in total. The molecule has 2 aromatic carbocycles. The minimum absolute atomic E-state index is 0.250. The molecule has 0 aliphatic heterocycles. The summed E-state index contributed by atoms with van der Waals surface area (Å²) in [7, 11) is 2.65. The van der Waals surface area contributed by atoms with Crippen LogP contribution in [0.15, 0.2) is 35.2 Å². The number of primary amides is 1. The fraction of sp³-hybridized carbons (Fsp3) is 0.381. The third-order valence-electron chi connectivity index (χ3n) is 4.95. The van der Waals surface area contributed by atoms with Crippen LogP contribution < -0.4 is 16.6 Å². The second kappa shape index (κ2) is 10.4. The average Bonchev–Trinajstić information content (AvgIpc) is 3.08. The molecule has 6 N–H and O–H groups in total. The van der Waals surface area contributed by atoms with Crippen molar-refractivity contribution >= 4 is 23.1 Å². The summed E-state index contributed by atoms with van der Waals surface area (Å²) in [6.45, 7) is 0.886. The van der Waals surface area contributed by atoms with Gasteiger partial charge in [0.15, 0.2) is 0 Å². The van der Waals surface area contributed by atoms with Crippen molar-refractivity contribution in [2.75, 3.05) is 19.8 Å². The number of nitrogen functional groups attached to an aromatic ring is 1. The summed E-state index contributed by atoms with van der Waals surface area (Å²) in [4.78, 5) is 11.3. The predicted molar refractivity (Wildman–Crippen MR) is 115 cm³/mol. The van der Waals surface area contributed by atoms with Gasteiger partial charge in [-0.3, -0.25) is 4.79 Å². The second-order valence-corrected chi connectivity index (χ2v) is 8.30. The van der Waals surface area contributed by atoms with Crippen LogP contribution in [0, 0.1) is 0 Å². The Balaban J connectivity index is 0.000000176. The molecular formula is C21H30N4O2S. The molecule has 7 heteroatoms. The number of nitrogens with two attached hydrogens (primary N) is 3. The lowest BCUT2D eigenvalue weighted by atomic mass is 9.84. The van der Waals surface area contributed by atoms with Crippen LogP contribution in [0.4, 0.5) is 5.69 Å². The Hall–Kier alpha value is -2.22. The van der Waals surface area contributed by atoms with E-state index in [4.69, 9.17) is 15.7 Å². The third-order valence-corrected chi connectivity index (χ3v) is 5.68. The highest BCUT2D eigenvalue weighted by Crippen LogP contribution is 2.37. The molecule has 4 rings (SSSR count). The molecule has 2 aliphatic carbocycles. The molecule has 1 amide bonds. The van der Waals surface area contributed by atoms with Crippen LogP contribution in [-0.4, -0.2) is 29.6 Å². The largest absolute Gasteiger partial charge is 0.398 e. The van der Waals surface area contributed by atoms with Gasteiger partial charge in [-0.2, -0.15) is 0 Å². The maximum atomic E-state index is 10.9. The zero-order valence-electron chi connectivity index (χ0n) is 16.6. The number of anilines is 1. The maximum absolute atomic E-state index is 10.9. The first-order valence-electron chi connectivity index (χ1n) is 9.34. The van der Waals surface area contributed by atoms with Gasteiger partial charge in [-0.05, 0) is 86.1 Å². The summed E-state index contributed by atoms with van der Waals surface area (Å²) >= 11 is 0. The Kier molecular flexibility index (Phi) is 8.17. The van der Waals surface area contributed by atoms with Crippen molar-refractivity contribution < 1.29 is 9.00 Å². The third kappa shape index (κ3) is 5.64. The lowest BCUT2D eigenvalue weighted by molar-refractivity contribution is -0.106. The average molecular weight is 403 g/mol. The molecule has 0 spiro atoms. The molecular weight excluding hydrogens is 372 g/mol. The van der Waals surface area contributed by atoms with Crippen molar-refractivity contribution in [3.63, 3.8) is 0 Å². The summed E-state index contributed by atoms with van der Waals surface area (Å²) in [5.74, 6) is 0. The molecule has 0 radical (unpaired) electrons. The molecule has 0 bridgehead atoms. The molecule has 0 heterocycles. The normalized spacial score (nSPS) is 14.4. The maximum Gasteiger partial charge on any atom is 0.204 e. The fourth-order valence-electron chi connectivity index (χ4n) is 3.58. The van der Waals surface area contributed by atoms with Gasteiger partial charge in [0.25, 0.3) is 0 Å². The number of hydrogen-bond acceptors (Lipinski definition) is 4. The van der Waals surface area contributed by atoms with E-state index < -0.39 is 11.0 Å². The SMILES string of the molecule is CN(C)Cc1ccc(S(N)=O)cc1.NC=O.Nc1c2c(cc3c1CC3)CCC2. The van der Waals surface area contributed by atoms with Gasteiger partial charge in [0, 0.05) is 12.2 Å². The zero-order chi connectivity index (χ0) is 20.7. The summed E-state index contributed by atoms with van der Waals surface area (Å²) in [5, 5.41) is 5.23. The van der Waals surface area contributed by atoms with Gasteiger partial charge in [0.1, 0.15) is 11.0 Å². The highest BCUT2D eigenvalue weighted by molar-refractivity contribution is 7.82. The van der Waals surface area contributed by atoms with Crippen molar-refractivity contribution in [2.45, 2.75) is 43.5 Å². The lowest BCUT2D eigenvalue weighted by Crippen LogP contribution is -2.13. The van der Waals surface area contributed by atoms with E-state index in [0.717, 1.165) is 12.2 Å². The van der Waals surface area contributed by atoms with Gasteiger partial charge in [0.2, 0.25) is 6.41 Å². The molecule has 2 aliphatic rings. The number of fused-ring (bicyclic) bond motifs is 2. The van der Waals surface area contributed by atoms with Crippen molar-refractivity contribution in [1.29, 1.82) is 0 Å². The Morgan fingerprint density at radius 3 is 2.11 bits per heavy atom. The van der Waals surface area contributed by atoms with E-state index in [1.807, 2.05) is 26.2 Å². The van der Waals surface area contributed by atoms with Crippen LogP contribution in [-0.2, 0) is 48.0 Å². The number of amides is 1. The number of carbonyl (C=O) groups excluding carboxylic acids is 1. The predicted octanol–water partition coefficient (Wildman–Crippen LogP) is 1.69. The zero-order valence-corrected chi connectivity index (χ0v) is 17.4. The quantitative estimate of drug-likeness (QED) is 0.535. The van der Waals surface area contributed by atoms with E-state index >= 15 is 0 Å². The molecule has 0 saturated heterocycles. The van der Waals surface area contributed by atoms with Gasteiger partial charge in [-0.15, -0.1) is 0 Å². The van der Waals surface area contributed by atoms with Crippen LogP contribution in [0.3, 0.4) is 0 Å². The minimum Gasteiger partial charge on any atom is -0.398 e. The Morgan fingerprint density at radius 2 is 1.61 bits per heavy atom. The van der Waals surface area contributed by atoms with E-state index in [9.17, 15) is 4.21 Å². The summed E-state index contributed by atoms with van der Waals surface area (Å²) in [6, 6.07) is 9.88. The van der Waals surface area contributed by atoms with Crippen molar-refractivity contribution in [3.8, 4) is 0 Å². The van der Waals surface area contributed by atoms with Gasteiger partial charge in [-0.1, -0.05) is 18.2 Å². The second-order valence-electron chi connectivity index (χ2n) is 7.23. The smallest absolute Gasteiger partial charge is 0.204 e. The van der Waals surface area contributed by atoms with Crippen molar-refractivity contribution in [3.05, 3.63) is 58.1 Å². The summed E-state index contributed by atoms with van der Waals surface area (Å²) in [6.07, 6.45) is 6.50. The molecule has 152 valence electrons. The van der Waals surface area contributed by atoms with E-state index in [1.165, 1.54) is 59.9 Å². The molecule has 1 atom stereocenters. The van der Waals surface area contributed by atoms with Crippen LogP contribution >= 0.6 is 0 Å². The van der Waals surface area contributed by atoms with Crippen molar-refractivity contribution in [1.82, 2.24) is 4.90 Å². The highest BCUT2D eigenvalue weighted by atomic mass is 32.2. The van der Waals surface area contributed by atoms with Crippen LogP contribution in [0.5, 0.6) is 0 Å². The topological polar surface area (TPSA) is 115 Å². The number of carbonyl (C=O) groups is 1. The fourth-order valence-corrected chi connectivity index (χ4v) is 3.99. The first kappa shape index (κ1) is 22.1. The Bertz CT molecular complexity index is 835. The number of nitrogens with zero attached hydrogens (tertiary/aromatic N) is 1. The van der Waals surface area contributed by atoms with Gasteiger partial charge < -0.3 is 16.4 Å². The van der Waals surface area contributed by atoms with Crippen molar-refractivity contribution in [2.24, 2.45) is 10.9 Å². The molecule has 28 heavy (non-hydrogen) atoms. The van der Waals surface area contributed by atoms with Gasteiger partial charge in [0.05, 0.1) is 4.90 Å². The van der Waals surface area contributed by atoms with E-state index in [2.05, 4.69) is 16.7 Å². The van der Waals surface area contributed by atoms with E-state index in [0.29, 0.717) is 4.90 Å². The summed E-state index contributed by atoms with van der Waals surface area (Å²) in [5.41, 5.74) is 18.6. The molecule has 2 aromatic rings. The highest BCUT2D eigenvalue weighted by Gasteiger charge is 2.23. The standard InChI is InChI=1S/C11H13N.C9H14N2OS.CH3NO/c12-11-9-3-1-2-7(9)6-8-4-5-10(8)11;1-11(2)7-8-3-5-9(6-4-8)13(10)12;2-1-3/h6H,1-5,12H2;3-6H,7,10H2,1-2H3;1H,(H2,2,3). The van der Waals surface area contributed by atoms with Crippen LogP contribution in [0.1, 0.15) is 34.2 Å². The molecule has 0 fully saturated rings. The van der Waals surface area contributed by atoms with Crippen LogP contribution in [0.2, 0.25) is 0 Å². The Labute approximate surface area is 169 Å². The number of rotatable bonds is 3. The first-order valence-corrected chi connectivity index (χ1v) is 10.6. The minimum atomic E-state index is -1.36. The lowest BCUT2D eigenvalue weighted by Gasteiger charge is -2.23. The van der Waals surface area contributed by atoms with E-state index in [-0.39, 0.29) is 6.41 Å². The molecule has 0 aromatic heterocycles. The number of aryl methyl sites for hydroxylation is 2. The van der Waals surface area contributed by atoms with E-state index in [1.54, 1.807) is 12.1 Å². The van der Waals surface area contributed by atoms with Gasteiger partial charge in [-0.25, -0.2) is 9.35 Å². The number of benzene rings is 2. The molecule has 0 saturated carbocycles. The van der Waals surface area contributed by atoms with Crippen LogP contribution in [0.25, 0.3) is 0 Å². The summed E-state index contributed by atoms with van der Waals surface area (Å²) < 4.78 is 10.9. The molecule has 1 unspecified atom stereocenters. The monoisotopic (exact) mass is 402 g/mol. The number of hydrogen-bond donors (Lipinski definition) is 3. The Morgan fingerprint density at radius 1 is 1.04 bits per heavy atom. The van der Waals surface area contributed by atoms with Gasteiger partial charge >= 0.3 is 0 Å².